The first-order valence-corrected chi connectivity index (χ1v) is 8.00. The molecule has 0 aromatic heterocycles. The fourth-order valence-electron chi connectivity index (χ4n) is 2.85. The molecule has 0 aliphatic heterocycles. The van der Waals surface area contributed by atoms with Crippen molar-refractivity contribution < 1.29 is 9.59 Å². The maximum Gasteiger partial charge on any atom is 0.248 e. The zero-order valence-corrected chi connectivity index (χ0v) is 14.0. The van der Waals surface area contributed by atoms with Crippen LogP contribution in [0.3, 0.4) is 0 Å². The van der Waals surface area contributed by atoms with Crippen LogP contribution in [0.2, 0.25) is 0 Å². The van der Waals surface area contributed by atoms with Crippen LogP contribution in [-0.4, -0.2) is 11.8 Å². The van der Waals surface area contributed by atoms with E-state index in [1.165, 1.54) is 11.1 Å². The maximum absolute atomic E-state index is 11.2. The number of amides is 2. The van der Waals surface area contributed by atoms with Crippen LogP contribution in [0.4, 0.5) is 0 Å². The largest absolute Gasteiger partial charge is 0.366 e. The van der Waals surface area contributed by atoms with E-state index in [2.05, 4.69) is 13.8 Å². The van der Waals surface area contributed by atoms with Gasteiger partial charge >= 0.3 is 0 Å². The number of hydrogen-bond donors (Lipinski definition) is 2. The summed E-state index contributed by atoms with van der Waals surface area (Å²) in [5.74, 6) is -0.859. The summed E-state index contributed by atoms with van der Waals surface area (Å²) in [6.07, 6.45) is 1.72. The highest BCUT2D eigenvalue weighted by atomic mass is 16.1. The first kappa shape index (κ1) is 17.5. The van der Waals surface area contributed by atoms with Crippen molar-refractivity contribution in [3.63, 3.8) is 0 Å². The van der Waals surface area contributed by atoms with E-state index in [0.29, 0.717) is 11.1 Å². The average molecular weight is 322 g/mol. The second-order valence-electron chi connectivity index (χ2n) is 5.55. The third-order valence-corrected chi connectivity index (χ3v) is 4.11. The van der Waals surface area contributed by atoms with Crippen molar-refractivity contribution in [2.24, 2.45) is 11.5 Å². The summed E-state index contributed by atoms with van der Waals surface area (Å²) in [6, 6.07) is 14.7. The number of rotatable bonds is 6. The smallest absolute Gasteiger partial charge is 0.248 e. The molecule has 0 fully saturated rings. The molecule has 0 saturated carbocycles. The van der Waals surface area contributed by atoms with Gasteiger partial charge in [0.05, 0.1) is 0 Å². The molecule has 0 radical (unpaired) electrons. The van der Waals surface area contributed by atoms with E-state index in [4.69, 9.17) is 11.5 Å². The highest BCUT2D eigenvalue weighted by molar-refractivity contribution is 5.96. The Kier molecular flexibility index (Phi) is 5.53. The molecule has 2 amide bonds. The van der Waals surface area contributed by atoms with Crippen LogP contribution in [0.5, 0.6) is 0 Å². The van der Waals surface area contributed by atoms with E-state index in [-0.39, 0.29) is 0 Å². The lowest BCUT2D eigenvalue weighted by molar-refractivity contribution is 0.0992. The monoisotopic (exact) mass is 322 g/mol. The molecule has 0 unspecified atom stereocenters. The van der Waals surface area contributed by atoms with Crippen molar-refractivity contribution in [1.29, 1.82) is 0 Å². The molecule has 0 bridgehead atoms. The molecule has 2 rings (SSSR count). The Morgan fingerprint density at radius 1 is 0.625 bits per heavy atom. The summed E-state index contributed by atoms with van der Waals surface area (Å²) >= 11 is 0. The molecule has 4 nitrogen and oxygen atoms in total. The third kappa shape index (κ3) is 3.71. The molecule has 0 spiro atoms. The van der Waals surface area contributed by atoms with Crippen LogP contribution in [0.25, 0.3) is 11.1 Å². The van der Waals surface area contributed by atoms with E-state index in [0.717, 1.165) is 24.0 Å². The van der Waals surface area contributed by atoms with Crippen LogP contribution in [-0.2, 0) is 0 Å². The van der Waals surface area contributed by atoms with Gasteiger partial charge in [0.15, 0.2) is 0 Å². The predicted octanol–water partition coefficient (Wildman–Crippen LogP) is 3.62. The highest BCUT2D eigenvalue weighted by Gasteiger charge is 2.10. The normalized spacial score (nSPS) is 11.8. The van der Waals surface area contributed by atoms with Crippen molar-refractivity contribution in [2.45, 2.75) is 26.7 Å². The van der Waals surface area contributed by atoms with Crippen LogP contribution < -0.4 is 11.5 Å². The molecule has 2 aromatic carbocycles. The van der Waals surface area contributed by atoms with E-state index >= 15 is 0 Å². The zero-order valence-electron chi connectivity index (χ0n) is 14.0. The Morgan fingerprint density at radius 2 is 0.875 bits per heavy atom. The lowest BCUT2D eigenvalue weighted by Gasteiger charge is -2.14. The van der Waals surface area contributed by atoms with Crippen molar-refractivity contribution >= 4 is 23.0 Å². The maximum atomic E-state index is 11.2. The van der Waals surface area contributed by atoms with Crippen molar-refractivity contribution in [2.75, 3.05) is 0 Å². The summed E-state index contributed by atoms with van der Waals surface area (Å²) in [5.41, 5.74) is 16.1. The molecule has 124 valence electrons. The Bertz CT molecular complexity index is 705. The molecule has 0 aliphatic rings. The second-order valence-corrected chi connectivity index (χ2v) is 5.55. The Balaban J connectivity index is 2.48. The summed E-state index contributed by atoms with van der Waals surface area (Å²) in [5, 5.41) is 0. The van der Waals surface area contributed by atoms with Crippen molar-refractivity contribution in [3.8, 4) is 0 Å². The van der Waals surface area contributed by atoms with Gasteiger partial charge < -0.3 is 11.5 Å². The summed E-state index contributed by atoms with van der Waals surface area (Å²) in [7, 11) is 0. The standard InChI is InChI=1S/C20H22N2O2/c1-3-17(13-5-9-15(10-6-13)19(21)23)18(4-2)14-7-11-16(12-8-14)20(22)24/h5-12H,3-4H2,1-2H3,(H2,21,23)(H2,22,24). The molecule has 0 saturated heterocycles. The van der Waals surface area contributed by atoms with Crippen molar-refractivity contribution in [3.05, 3.63) is 70.8 Å². The first-order chi connectivity index (χ1) is 11.5. The van der Waals surface area contributed by atoms with Gasteiger partial charge in [0.1, 0.15) is 0 Å². The third-order valence-electron chi connectivity index (χ3n) is 4.11. The van der Waals surface area contributed by atoms with Crippen molar-refractivity contribution in [1.82, 2.24) is 0 Å². The predicted molar refractivity (Wildman–Crippen MR) is 97.3 cm³/mol. The summed E-state index contributed by atoms with van der Waals surface area (Å²) in [4.78, 5) is 22.4. The molecule has 4 heteroatoms. The lowest BCUT2D eigenvalue weighted by Crippen LogP contribution is -2.10. The van der Waals surface area contributed by atoms with Gasteiger partial charge in [-0.3, -0.25) is 9.59 Å². The van der Waals surface area contributed by atoms with E-state index in [1.807, 2.05) is 24.3 Å². The number of allylic oxidation sites excluding steroid dienone is 2. The second kappa shape index (κ2) is 7.59. The quantitative estimate of drug-likeness (QED) is 0.796. The number of carbonyl (C=O) groups excluding carboxylic acids is 2. The van der Waals surface area contributed by atoms with Gasteiger partial charge in [0, 0.05) is 11.1 Å². The van der Waals surface area contributed by atoms with Gasteiger partial charge in [-0.2, -0.15) is 0 Å². The van der Waals surface area contributed by atoms with E-state index in [1.54, 1.807) is 24.3 Å². The number of nitrogens with two attached hydrogens (primary N) is 2. The average Bonchev–Trinajstić information content (AvgIpc) is 2.59. The Morgan fingerprint density at radius 3 is 1.08 bits per heavy atom. The molecular weight excluding hydrogens is 300 g/mol. The Labute approximate surface area is 142 Å². The first-order valence-electron chi connectivity index (χ1n) is 8.00. The van der Waals surface area contributed by atoms with Gasteiger partial charge in [-0.15, -0.1) is 0 Å². The number of carbonyl (C=O) groups is 2. The van der Waals surface area contributed by atoms with Crippen LogP contribution >= 0.6 is 0 Å². The van der Waals surface area contributed by atoms with Crippen LogP contribution in [0.1, 0.15) is 58.5 Å². The topological polar surface area (TPSA) is 86.2 Å². The van der Waals surface area contributed by atoms with Gasteiger partial charge in [0.25, 0.3) is 0 Å². The zero-order chi connectivity index (χ0) is 17.7. The van der Waals surface area contributed by atoms with Gasteiger partial charge in [-0.25, -0.2) is 0 Å². The molecule has 0 heterocycles. The van der Waals surface area contributed by atoms with Crippen LogP contribution in [0.15, 0.2) is 48.5 Å². The van der Waals surface area contributed by atoms with Crippen LogP contribution in [0, 0.1) is 0 Å². The summed E-state index contributed by atoms with van der Waals surface area (Å²) in [6.45, 7) is 4.20. The molecular formula is C20H22N2O2. The molecule has 24 heavy (non-hydrogen) atoms. The van der Waals surface area contributed by atoms with E-state index < -0.39 is 11.8 Å². The minimum absolute atomic E-state index is 0.429. The SMILES string of the molecule is CCC(=C(CC)c1ccc(C(N)=O)cc1)c1ccc(C(N)=O)cc1. The molecule has 0 atom stereocenters. The van der Waals surface area contributed by atoms with Gasteiger partial charge in [-0.1, -0.05) is 38.1 Å². The van der Waals surface area contributed by atoms with Gasteiger partial charge in [0.2, 0.25) is 11.8 Å². The number of hydrogen-bond acceptors (Lipinski definition) is 2. The summed E-state index contributed by atoms with van der Waals surface area (Å²) < 4.78 is 0. The number of primary amides is 2. The minimum atomic E-state index is -0.429. The highest BCUT2D eigenvalue weighted by Crippen LogP contribution is 2.31. The molecule has 2 aromatic rings. The minimum Gasteiger partial charge on any atom is -0.366 e. The fraction of sp³-hybridized carbons (Fsp3) is 0.200. The number of benzene rings is 2. The van der Waals surface area contributed by atoms with Gasteiger partial charge in [-0.05, 0) is 59.4 Å². The Hall–Kier alpha value is -2.88. The lowest BCUT2D eigenvalue weighted by atomic mass is 9.90. The van der Waals surface area contributed by atoms with E-state index in [9.17, 15) is 9.59 Å². The fourth-order valence-corrected chi connectivity index (χ4v) is 2.85. The molecule has 0 aliphatic carbocycles. The molecule has 4 N–H and O–H groups in total.